The average molecular weight is 359 g/mol. The van der Waals surface area contributed by atoms with Gasteiger partial charge in [-0.05, 0) is 61.3 Å². The summed E-state index contributed by atoms with van der Waals surface area (Å²) >= 11 is 1.67. The Morgan fingerprint density at radius 3 is 2.28 bits per heavy atom. The Bertz CT molecular complexity index is 708. The van der Waals surface area contributed by atoms with Crippen molar-refractivity contribution in [2.45, 2.75) is 44.9 Å². The Labute approximate surface area is 155 Å². The number of hydrogen-bond donors (Lipinski definition) is 0. The van der Waals surface area contributed by atoms with Gasteiger partial charge < -0.3 is 0 Å². The van der Waals surface area contributed by atoms with Crippen molar-refractivity contribution in [2.75, 3.05) is 6.26 Å². The number of thioether (sulfide) groups is 1. The quantitative estimate of drug-likeness (QED) is 0.405. The van der Waals surface area contributed by atoms with Crippen molar-refractivity contribution < 1.29 is 9.18 Å². The van der Waals surface area contributed by atoms with Crippen LogP contribution in [0.3, 0.4) is 0 Å². The van der Waals surface area contributed by atoms with Gasteiger partial charge in [0.2, 0.25) is 0 Å². The maximum Gasteiger partial charge on any atom is 0.166 e. The maximum absolute atomic E-state index is 14.2. The number of hydrogen-bond acceptors (Lipinski definition) is 2. The van der Waals surface area contributed by atoms with Crippen molar-refractivity contribution in [2.24, 2.45) is 11.8 Å². The third kappa shape index (κ3) is 4.94. The van der Waals surface area contributed by atoms with E-state index >= 15 is 0 Å². The lowest BCUT2D eigenvalue weighted by atomic mass is 9.79. The zero-order valence-corrected chi connectivity index (χ0v) is 16.3. The van der Waals surface area contributed by atoms with E-state index in [0.29, 0.717) is 12.0 Å². The number of aryl methyl sites for hydroxylation is 1. The van der Waals surface area contributed by atoms with Gasteiger partial charge >= 0.3 is 0 Å². The van der Waals surface area contributed by atoms with Gasteiger partial charge in [0.25, 0.3) is 0 Å². The summed E-state index contributed by atoms with van der Waals surface area (Å²) in [5.41, 5.74) is 2.39. The van der Waals surface area contributed by atoms with Gasteiger partial charge in [0.05, 0.1) is 0 Å². The van der Waals surface area contributed by atoms with Crippen molar-refractivity contribution in [1.82, 2.24) is 0 Å². The van der Waals surface area contributed by atoms with Crippen LogP contribution < -0.4 is 0 Å². The largest absolute Gasteiger partial charge is 0.294 e. The molecule has 0 radical (unpaired) electrons. The van der Waals surface area contributed by atoms with Gasteiger partial charge in [-0.15, -0.1) is 11.8 Å². The highest BCUT2D eigenvalue weighted by Gasteiger charge is 2.27. The Hall–Kier alpha value is -1.61. The molecule has 0 aliphatic rings. The van der Waals surface area contributed by atoms with Gasteiger partial charge in [-0.1, -0.05) is 44.5 Å². The van der Waals surface area contributed by atoms with E-state index in [9.17, 15) is 9.18 Å². The van der Waals surface area contributed by atoms with Crippen LogP contribution in [0.15, 0.2) is 47.4 Å². The average Bonchev–Trinajstić information content (AvgIpc) is 2.63. The second-order valence-corrected chi connectivity index (χ2v) is 7.45. The maximum atomic E-state index is 14.2. The van der Waals surface area contributed by atoms with Crippen molar-refractivity contribution >= 4 is 17.5 Å². The number of benzene rings is 2. The molecule has 25 heavy (non-hydrogen) atoms. The number of halogens is 1. The van der Waals surface area contributed by atoms with Crippen LogP contribution in [0, 0.1) is 24.6 Å². The van der Waals surface area contributed by atoms with Crippen LogP contribution in [0.25, 0.3) is 0 Å². The van der Waals surface area contributed by atoms with E-state index in [1.807, 2.05) is 56.5 Å². The van der Waals surface area contributed by atoms with E-state index < -0.39 is 0 Å². The molecule has 2 atom stereocenters. The lowest BCUT2D eigenvalue weighted by Gasteiger charge is -2.25. The van der Waals surface area contributed by atoms with E-state index in [1.165, 1.54) is 0 Å². The van der Waals surface area contributed by atoms with Gasteiger partial charge in [-0.2, -0.15) is 0 Å². The molecular weight excluding hydrogens is 331 g/mol. The Kier molecular flexibility index (Phi) is 7.24. The predicted octanol–water partition coefficient (Wildman–Crippen LogP) is 6.33. The molecular formula is C22H27FOS. The summed E-state index contributed by atoms with van der Waals surface area (Å²) < 4.78 is 14.2. The minimum Gasteiger partial charge on any atom is -0.294 e. The molecule has 0 heterocycles. The Morgan fingerprint density at radius 1 is 1.08 bits per heavy atom. The van der Waals surface area contributed by atoms with E-state index in [1.54, 1.807) is 17.8 Å². The molecule has 0 spiro atoms. The van der Waals surface area contributed by atoms with Crippen molar-refractivity contribution in [3.8, 4) is 0 Å². The zero-order valence-electron chi connectivity index (χ0n) is 15.5. The number of ketones is 1. The van der Waals surface area contributed by atoms with E-state index in [0.717, 1.165) is 28.9 Å². The van der Waals surface area contributed by atoms with E-state index in [2.05, 4.69) is 6.92 Å². The van der Waals surface area contributed by atoms with Gasteiger partial charge in [0, 0.05) is 16.4 Å². The molecule has 2 aromatic carbocycles. The van der Waals surface area contributed by atoms with Crippen molar-refractivity contribution in [3.05, 3.63) is 65.0 Å². The SMILES string of the molecule is CCC(Cc1ccc(C)cc1F)C(CC)C(=O)c1ccc(SC)cc1. The van der Waals surface area contributed by atoms with Crippen molar-refractivity contribution in [1.29, 1.82) is 0 Å². The first-order valence-electron chi connectivity index (χ1n) is 8.93. The van der Waals surface area contributed by atoms with Crippen LogP contribution in [0.2, 0.25) is 0 Å². The van der Waals surface area contributed by atoms with Gasteiger partial charge in [0.15, 0.2) is 5.78 Å². The summed E-state index contributed by atoms with van der Waals surface area (Å²) in [4.78, 5) is 14.2. The molecule has 1 nitrogen and oxygen atoms in total. The summed E-state index contributed by atoms with van der Waals surface area (Å²) in [6.07, 6.45) is 4.26. The summed E-state index contributed by atoms with van der Waals surface area (Å²) in [6.45, 7) is 6.03. The third-order valence-corrected chi connectivity index (χ3v) is 5.68. The first-order chi connectivity index (χ1) is 12.0. The molecule has 134 valence electrons. The summed E-state index contributed by atoms with van der Waals surface area (Å²) in [5.74, 6) is 0.0837. The fraction of sp³-hybridized carbons (Fsp3) is 0.409. The smallest absolute Gasteiger partial charge is 0.166 e. The van der Waals surface area contributed by atoms with Gasteiger partial charge in [0.1, 0.15) is 5.82 Å². The van der Waals surface area contributed by atoms with E-state index in [-0.39, 0.29) is 23.4 Å². The van der Waals surface area contributed by atoms with Crippen LogP contribution in [0.4, 0.5) is 4.39 Å². The fourth-order valence-corrected chi connectivity index (χ4v) is 3.78. The first-order valence-corrected chi connectivity index (χ1v) is 10.2. The molecule has 0 amide bonds. The van der Waals surface area contributed by atoms with Crippen LogP contribution in [-0.4, -0.2) is 12.0 Å². The second kappa shape index (κ2) is 9.19. The van der Waals surface area contributed by atoms with Crippen LogP contribution in [-0.2, 0) is 6.42 Å². The third-order valence-electron chi connectivity index (χ3n) is 4.94. The predicted molar refractivity (Wildman–Crippen MR) is 105 cm³/mol. The van der Waals surface area contributed by atoms with Gasteiger partial charge in [-0.3, -0.25) is 4.79 Å². The highest BCUT2D eigenvalue weighted by Crippen LogP contribution is 2.29. The molecule has 0 bridgehead atoms. The molecule has 0 fully saturated rings. The normalized spacial score (nSPS) is 13.5. The fourth-order valence-electron chi connectivity index (χ4n) is 3.37. The van der Waals surface area contributed by atoms with Crippen molar-refractivity contribution in [3.63, 3.8) is 0 Å². The molecule has 2 rings (SSSR count). The summed E-state index contributed by atoms with van der Waals surface area (Å²) in [6, 6.07) is 13.2. The molecule has 0 aromatic heterocycles. The molecule has 0 aliphatic heterocycles. The van der Waals surface area contributed by atoms with Gasteiger partial charge in [-0.25, -0.2) is 4.39 Å². The molecule has 0 N–H and O–H groups in total. The Balaban J connectivity index is 2.21. The highest BCUT2D eigenvalue weighted by atomic mass is 32.2. The highest BCUT2D eigenvalue weighted by molar-refractivity contribution is 7.98. The molecule has 0 aliphatic carbocycles. The minimum absolute atomic E-state index is 0.0779. The standard InChI is InChI=1S/C22H27FOS/c1-5-16(14-18-8-7-15(3)13-21(18)23)20(6-2)22(24)17-9-11-19(25-4)12-10-17/h7-13,16,20H,5-6,14H2,1-4H3. The molecule has 2 unspecified atom stereocenters. The lowest BCUT2D eigenvalue weighted by molar-refractivity contribution is 0.0862. The number of carbonyl (C=O) groups is 1. The van der Waals surface area contributed by atoms with E-state index in [4.69, 9.17) is 0 Å². The van der Waals surface area contributed by atoms with Crippen LogP contribution in [0.1, 0.15) is 48.2 Å². The molecule has 0 saturated carbocycles. The van der Waals surface area contributed by atoms with Crippen LogP contribution >= 0.6 is 11.8 Å². The summed E-state index contributed by atoms with van der Waals surface area (Å²) in [7, 11) is 0. The topological polar surface area (TPSA) is 17.1 Å². The monoisotopic (exact) mass is 358 g/mol. The van der Waals surface area contributed by atoms with Crippen LogP contribution in [0.5, 0.6) is 0 Å². The number of Topliss-reactive ketones (excluding diaryl/α,β-unsaturated/α-hetero) is 1. The molecule has 0 saturated heterocycles. The summed E-state index contributed by atoms with van der Waals surface area (Å²) in [5, 5.41) is 0. The lowest BCUT2D eigenvalue weighted by Crippen LogP contribution is -2.25. The first kappa shape index (κ1) is 19.7. The number of carbonyl (C=O) groups excluding carboxylic acids is 1. The molecule has 2 aromatic rings. The molecule has 3 heteroatoms. The minimum atomic E-state index is -0.162. The number of rotatable bonds is 8. The zero-order chi connectivity index (χ0) is 18.4. The Morgan fingerprint density at radius 2 is 1.76 bits per heavy atom. The second-order valence-electron chi connectivity index (χ2n) is 6.57.